The Kier molecular flexibility index (Phi) is 3.66. The van der Waals surface area contributed by atoms with Gasteiger partial charge in [0.2, 0.25) is 0 Å². The highest BCUT2D eigenvalue weighted by molar-refractivity contribution is 5.44. The molecule has 0 aliphatic heterocycles. The molecule has 0 heterocycles. The predicted octanol–water partition coefficient (Wildman–Crippen LogP) is 5.39. The van der Waals surface area contributed by atoms with Crippen LogP contribution in [0.3, 0.4) is 0 Å². The van der Waals surface area contributed by atoms with E-state index in [1.165, 1.54) is 16.7 Å². The number of rotatable bonds is 2. The van der Waals surface area contributed by atoms with Gasteiger partial charge in [0, 0.05) is 5.56 Å². The van der Waals surface area contributed by atoms with Crippen LogP contribution in [0.2, 0.25) is 0 Å². The van der Waals surface area contributed by atoms with Gasteiger partial charge in [-0.2, -0.15) is 0 Å². The highest BCUT2D eigenvalue weighted by atomic mass is 16.5. The first kappa shape index (κ1) is 13.7. The molecule has 0 N–H and O–H groups in total. The summed E-state index contributed by atoms with van der Waals surface area (Å²) in [5.41, 5.74) is 3.83. The Hall–Kier alpha value is -1.76. The SMILES string of the molecule is Cc1ccc(Oc2ccc(C)cc2C(C)(C)C)cc1. The van der Waals surface area contributed by atoms with Gasteiger partial charge in [-0.05, 0) is 37.5 Å². The second-order valence-electron chi connectivity index (χ2n) is 6.16. The third kappa shape index (κ3) is 3.37. The van der Waals surface area contributed by atoms with Gasteiger partial charge in [0.15, 0.2) is 0 Å². The van der Waals surface area contributed by atoms with E-state index in [1.807, 2.05) is 12.1 Å². The average molecular weight is 254 g/mol. The summed E-state index contributed by atoms with van der Waals surface area (Å²) in [4.78, 5) is 0. The Morgan fingerprint density at radius 2 is 1.37 bits per heavy atom. The largest absolute Gasteiger partial charge is 0.457 e. The Balaban J connectivity index is 2.37. The number of ether oxygens (including phenoxy) is 1. The van der Waals surface area contributed by atoms with Crippen molar-refractivity contribution in [3.63, 3.8) is 0 Å². The van der Waals surface area contributed by atoms with E-state index in [1.54, 1.807) is 0 Å². The molecule has 0 saturated carbocycles. The Bertz CT molecular complexity index is 559. The molecular weight excluding hydrogens is 232 g/mol. The fourth-order valence-electron chi connectivity index (χ4n) is 2.05. The third-order valence-electron chi connectivity index (χ3n) is 3.19. The Labute approximate surface area is 116 Å². The van der Waals surface area contributed by atoms with Crippen LogP contribution in [0.4, 0.5) is 0 Å². The van der Waals surface area contributed by atoms with Crippen LogP contribution in [0.1, 0.15) is 37.5 Å². The summed E-state index contributed by atoms with van der Waals surface area (Å²) in [6, 6.07) is 14.5. The lowest BCUT2D eigenvalue weighted by molar-refractivity contribution is 0.455. The van der Waals surface area contributed by atoms with Gasteiger partial charge in [-0.3, -0.25) is 0 Å². The lowest BCUT2D eigenvalue weighted by Gasteiger charge is -2.23. The first-order chi connectivity index (χ1) is 8.86. The molecule has 2 aromatic carbocycles. The maximum Gasteiger partial charge on any atom is 0.131 e. The fourth-order valence-corrected chi connectivity index (χ4v) is 2.05. The molecule has 0 unspecified atom stereocenters. The van der Waals surface area contributed by atoms with Crippen LogP contribution in [0.5, 0.6) is 11.5 Å². The van der Waals surface area contributed by atoms with Gasteiger partial charge in [-0.15, -0.1) is 0 Å². The summed E-state index contributed by atoms with van der Waals surface area (Å²) in [6.07, 6.45) is 0. The summed E-state index contributed by atoms with van der Waals surface area (Å²) < 4.78 is 6.05. The van der Waals surface area contributed by atoms with Gasteiger partial charge in [-0.1, -0.05) is 56.2 Å². The van der Waals surface area contributed by atoms with Crippen LogP contribution in [-0.4, -0.2) is 0 Å². The second kappa shape index (κ2) is 5.08. The second-order valence-corrected chi connectivity index (χ2v) is 6.16. The normalized spacial score (nSPS) is 11.4. The number of hydrogen-bond donors (Lipinski definition) is 0. The number of hydrogen-bond acceptors (Lipinski definition) is 1. The zero-order valence-electron chi connectivity index (χ0n) is 12.4. The van der Waals surface area contributed by atoms with Gasteiger partial charge in [0.1, 0.15) is 11.5 Å². The maximum atomic E-state index is 6.05. The quantitative estimate of drug-likeness (QED) is 0.697. The molecule has 1 nitrogen and oxygen atoms in total. The molecule has 0 atom stereocenters. The van der Waals surface area contributed by atoms with Crippen molar-refractivity contribution < 1.29 is 4.74 Å². The summed E-state index contributed by atoms with van der Waals surface area (Å²) in [6.45, 7) is 10.8. The van der Waals surface area contributed by atoms with E-state index in [9.17, 15) is 0 Å². The first-order valence-corrected chi connectivity index (χ1v) is 6.72. The Morgan fingerprint density at radius 1 is 0.789 bits per heavy atom. The molecule has 0 aliphatic carbocycles. The molecule has 0 aromatic heterocycles. The van der Waals surface area contributed by atoms with Gasteiger partial charge in [0.05, 0.1) is 0 Å². The summed E-state index contributed by atoms with van der Waals surface area (Å²) in [5.74, 6) is 1.84. The van der Waals surface area contributed by atoms with Gasteiger partial charge in [0.25, 0.3) is 0 Å². The zero-order chi connectivity index (χ0) is 14.0. The van der Waals surface area contributed by atoms with Crippen molar-refractivity contribution in [2.45, 2.75) is 40.0 Å². The minimum absolute atomic E-state index is 0.0754. The van der Waals surface area contributed by atoms with Crippen LogP contribution < -0.4 is 4.74 Å². The molecule has 1 heteroatoms. The number of aryl methyl sites for hydroxylation is 2. The minimum atomic E-state index is 0.0754. The molecule has 2 rings (SSSR count). The molecule has 0 amide bonds. The molecule has 19 heavy (non-hydrogen) atoms. The predicted molar refractivity (Wildman–Crippen MR) is 81.1 cm³/mol. The van der Waals surface area contributed by atoms with Gasteiger partial charge >= 0.3 is 0 Å². The van der Waals surface area contributed by atoms with E-state index in [2.05, 4.69) is 65.0 Å². The third-order valence-corrected chi connectivity index (χ3v) is 3.19. The van der Waals surface area contributed by atoms with Crippen molar-refractivity contribution in [2.75, 3.05) is 0 Å². The van der Waals surface area contributed by atoms with Crippen molar-refractivity contribution in [1.29, 1.82) is 0 Å². The fraction of sp³-hybridized carbons (Fsp3) is 0.333. The smallest absolute Gasteiger partial charge is 0.131 e. The molecule has 100 valence electrons. The molecule has 0 aliphatic rings. The molecule has 0 radical (unpaired) electrons. The number of benzene rings is 2. The standard InChI is InChI=1S/C18H22O/c1-13-6-9-15(10-7-13)19-17-11-8-14(2)12-16(17)18(3,4)5/h6-12H,1-5H3. The van der Waals surface area contributed by atoms with E-state index in [4.69, 9.17) is 4.74 Å². The van der Waals surface area contributed by atoms with Gasteiger partial charge < -0.3 is 4.74 Å². The van der Waals surface area contributed by atoms with Crippen molar-refractivity contribution in [3.05, 3.63) is 59.2 Å². The van der Waals surface area contributed by atoms with Crippen LogP contribution >= 0.6 is 0 Å². The lowest BCUT2D eigenvalue weighted by Crippen LogP contribution is -2.12. The zero-order valence-corrected chi connectivity index (χ0v) is 12.4. The highest BCUT2D eigenvalue weighted by Gasteiger charge is 2.19. The molecule has 0 fully saturated rings. The van der Waals surface area contributed by atoms with Crippen LogP contribution in [-0.2, 0) is 5.41 Å². The maximum absolute atomic E-state index is 6.05. The summed E-state index contributed by atoms with van der Waals surface area (Å²) >= 11 is 0. The van der Waals surface area contributed by atoms with E-state index < -0.39 is 0 Å². The van der Waals surface area contributed by atoms with Crippen LogP contribution in [0.15, 0.2) is 42.5 Å². The van der Waals surface area contributed by atoms with Crippen molar-refractivity contribution >= 4 is 0 Å². The molecular formula is C18H22O. The highest BCUT2D eigenvalue weighted by Crippen LogP contribution is 2.34. The monoisotopic (exact) mass is 254 g/mol. The minimum Gasteiger partial charge on any atom is -0.457 e. The van der Waals surface area contributed by atoms with Crippen molar-refractivity contribution in [1.82, 2.24) is 0 Å². The molecule has 2 aromatic rings. The molecule has 0 saturated heterocycles. The molecule has 0 spiro atoms. The molecule has 0 bridgehead atoms. The van der Waals surface area contributed by atoms with Crippen LogP contribution in [0, 0.1) is 13.8 Å². The lowest BCUT2D eigenvalue weighted by atomic mass is 9.85. The van der Waals surface area contributed by atoms with E-state index in [0.717, 1.165) is 11.5 Å². The topological polar surface area (TPSA) is 9.23 Å². The summed E-state index contributed by atoms with van der Waals surface area (Å²) in [5, 5.41) is 0. The Morgan fingerprint density at radius 3 is 1.95 bits per heavy atom. The van der Waals surface area contributed by atoms with Crippen molar-refractivity contribution in [2.24, 2.45) is 0 Å². The van der Waals surface area contributed by atoms with Crippen molar-refractivity contribution in [3.8, 4) is 11.5 Å². The van der Waals surface area contributed by atoms with E-state index >= 15 is 0 Å². The van der Waals surface area contributed by atoms with Crippen LogP contribution in [0.25, 0.3) is 0 Å². The van der Waals surface area contributed by atoms with E-state index in [-0.39, 0.29) is 5.41 Å². The summed E-state index contributed by atoms with van der Waals surface area (Å²) in [7, 11) is 0. The first-order valence-electron chi connectivity index (χ1n) is 6.72. The van der Waals surface area contributed by atoms with E-state index in [0.29, 0.717) is 0 Å². The van der Waals surface area contributed by atoms with Gasteiger partial charge in [-0.25, -0.2) is 0 Å². The average Bonchev–Trinajstić information content (AvgIpc) is 2.33.